The first-order valence-corrected chi connectivity index (χ1v) is 6.05. The zero-order valence-corrected chi connectivity index (χ0v) is 11.0. The first-order valence-electron chi connectivity index (χ1n) is 6.05. The third-order valence-corrected chi connectivity index (χ3v) is 2.72. The number of nitrogens with two attached hydrogens (primary N) is 1. The lowest BCUT2D eigenvalue weighted by Crippen LogP contribution is -2.53. The molecule has 0 heterocycles. The molecule has 0 aromatic heterocycles. The molecule has 0 aliphatic heterocycles. The molecule has 1 amide bonds. The van der Waals surface area contributed by atoms with E-state index in [0.29, 0.717) is 0 Å². The molecule has 0 bridgehead atoms. The Balaban J connectivity index is 2.40. The lowest BCUT2D eigenvalue weighted by molar-refractivity contribution is -0.141. The number of rotatable bonds is 6. The molecule has 1 rings (SSSR count). The number of hydrogen-bond acceptors (Lipinski definition) is 5. The molecular weight excluding hydrogens is 264 g/mol. The van der Waals surface area contributed by atoms with Gasteiger partial charge in [0.25, 0.3) is 0 Å². The first-order chi connectivity index (χ1) is 9.41. The Kier molecular flexibility index (Phi) is 5.95. The number of carboxylic acid groups (broad SMARTS) is 1. The minimum Gasteiger partial charge on any atom is -0.480 e. The summed E-state index contributed by atoms with van der Waals surface area (Å²) < 4.78 is 4.94. The number of nitrogens with one attached hydrogen (secondary N) is 1. The highest BCUT2D eigenvalue weighted by atomic mass is 16.5. The van der Waals surface area contributed by atoms with Crippen LogP contribution in [0.3, 0.4) is 0 Å². The fraction of sp³-hybridized carbons (Fsp3) is 0.385. The zero-order chi connectivity index (χ0) is 15.1. The smallest absolute Gasteiger partial charge is 0.407 e. The van der Waals surface area contributed by atoms with Gasteiger partial charge in [-0.1, -0.05) is 30.3 Å². The van der Waals surface area contributed by atoms with Gasteiger partial charge in [0.2, 0.25) is 0 Å². The van der Waals surface area contributed by atoms with Crippen LogP contribution in [-0.2, 0) is 16.1 Å². The van der Waals surface area contributed by atoms with E-state index in [1.807, 2.05) is 18.2 Å². The summed E-state index contributed by atoms with van der Waals surface area (Å²) in [6.07, 6.45) is -2.16. The Bertz CT molecular complexity index is 451. The third kappa shape index (κ3) is 4.87. The molecular formula is C13H18N2O5. The van der Waals surface area contributed by atoms with E-state index in [-0.39, 0.29) is 6.61 Å². The van der Waals surface area contributed by atoms with Gasteiger partial charge in [0, 0.05) is 0 Å². The van der Waals surface area contributed by atoms with Crippen molar-refractivity contribution in [1.29, 1.82) is 0 Å². The van der Waals surface area contributed by atoms with Crippen LogP contribution < -0.4 is 11.1 Å². The van der Waals surface area contributed by atoms with Crippen molar-refractivity contribution in [3.8, 4) is 0 Å². The van der Waals surface area contributed by atoms with Gasteiger partial charge in [-0.3, -0.25) is 4.79 Å². The lowest BCUT2D eigenvalue weighted by Gasteiger charge is -2.22. The standard InChI is InChI=1S/C13H18N2O5/c1-8(11(16)10(14)12(17)18)15-13(19)20-7-9-5-3-2-4-6-9/h2-6,8,10-11,16H,7,14H2,1H3,(H,15,19)(H,17,18)/t8-,10+,11+/m1/s1. The number of aliphatic hydroxyl groups excluding tert-OH is 1. The van der Waals surface area contributed by atoms with Crippen LogP contribution in [0.2, 0.25) is 0 Å². The summed E-state index contributed by atoms with van der Waals surface area (Å²) in [5, 5.41) is 20.6. The normalized spacial score (nSPS) is 14.9. The van der Waals surface area contributed by atoms with E-state index < -0.39 is 30.3 Å². The summed E-state index contributed by atoms with van der Waals surface area (Å²) in [6.45, 7) is 1.53. The van der Waals surface area contributed by atoms with Crippen LogP contribution >= 0.6 is 0 Å². The van der Waals surface area contributed by atoms with Crippen molar-refractivity contribution in [2.24, 2.45) is 5.73 Å². The van der Waals surface area contributed by atoms with Crippen molar-refractivity contribution in [2.75, 3.05) is 0 Å². The molecule has 5 N–H and O–H groups in total. The van der Waals surface area contributed by atoms with Crippen LogP contribution in [0.25, 0.3) is 0 Å². The van der Waals surface area contributed by atoms with Gasteiger partial charge < -0.3 is 26.0 Å². The van der Waals surface area contributed by atoms with E-state index in [0.717, 1.165) is 5.56 Å². The van der Waals surface area contributed by atoms with Gasteiger partial charge in [-0.05, 0) is 12.5 Å². The zero-order valence-electron chi connectivity index (χ0n) is 11.0. The van der Waals surface area contributed by atoms with Crippen LogP contribution in [0.1, 0.15) is 12.5 Å². The van der Waals surface area contributed by atoms with Gasteiger partial charge in [-0.25, -0.2) is 4.79 Å². The first kappa shape index (κ1) is 15.9. The minimum atomic E-state index is -1.47. The summed E-state index contributed by atoms with van der Waals surface area (Å²) in [5.74, 6) is -1.34. The summed E-state index contributed by atoms with van der Waals surface area (Å²) in [5.41, 5.74) is 6.08. The maximum atomic E-state index is 11.5. The van der Waals surface area contributed by atoms with E-state index in [1.54, 1.807) is 12.1 Å². The number of amides is 1. The molecule has 0 radical (unpaired) electrons. The van der Waals surface area contributed by atoms with Gasteiger partial charge >= 0.3 is 12.1 Å². The topological polar surface area (TPSA) is 122 Å². The summed E-state index contributed by atoms with van der Waals surface area (Å²) in [4.78, 5) is 22.1. The molecule has 110 valence electrons. The second-order valence-corrected chi connectivity index (χ2v) is 4.35. The number of alkyl carbamates (subject to hydrolysis) is 1. The summed E-state index contributed by atoms with van der Waals surface area (Å²) >= 11 is 0. The van der Waals surface area contributed by atoms with Crippen molar-refractivity contribution in [1.82, 2.24) is 5.32 Å². The van der Waals surface area contributed by atoms with Crippen molar-refractivity contribution in [3.63, 3.8) is 0 Å². The Labute approximate surface area is 116 Å². The van der Waals surface area contributed by atoms with E-state index in [4.69, 9.17) is 15.6 Å². The molecule has 7 nitrogen and oxygen atoms in total. The maximum absolute atomic E-state index is 11.5. The number of carbonyl (C=O) groups is 2. The molecule has 0 fully saturated rings. The van der Waals surface area contributed by atoms with E-state index in [9.17, 15) is 14.7 Å². The second kappa shape index (κ2) is 7.46. The molecule has 0 aliphatic carbocycles. The molecule has 0 spiro atoms. The van der Waals surface area contributed by atoms with Gasteiger partial charge in [0.1, 0.15) is 12.6 Å². The molecule has 0 saturated heterocycles. The van der Waals surface area contributed by atoms with Crippen molar-refractivity contribution >= 4 is 12.1 Å². The predicted molar refractivity (Wildman–Crippen MR) is 70.8 cm³/mol. The lowest BCUT2D eigenvalue weighted by atomic mass is 10.1. The number of aliphatic carboxylic acids is 1. The van der Waals surface area contributed by atoms with E-state index >= 15 is 0 Å². The quantitative estimate of drug-likeness (QED) is 0.586. The van der Waals surface area contributed by atoms with Crippen LogP contribution in [-0.4, -0.2) is 40.5 Å². The Morgan fingerprint density at radius 1 is 1.35 bits per heavy atom. The Hall–Kier alpha value is -2.12. The third-order valence-electron chi connectivity index (χ3n) is 2.72. The summed E-state index contributed by atoms with van der Waals surface area (Å²) in [6, 6.07) is 6.75. The number of carbonyl (C=O) groups excluding carboxylic acids is 1. The predicted octanol–water partition coefficient (Wildman–Crippen LogP) is 0.0741. The monoisotopic (exact) mass is 282 g/mol. The fourth-order valence-electron chi connectivity index (χ4n) is 1.49. The minimum absolute atomic E-state index is 0.0838. The van der Waals surface area contributed by atoms with E-state index in [2.05, 4.69) is 5.32 Å². The number of aliphatic hydroxyl groups is 1. The molecule has 0 unspecified atom stereocenters. The van der Waals surface area contributed by atoms with Gasteiger partial charge in [0.05, 0.1) is 12.1 Å². The highest BCUT2D eigenvalue weighted by Gasteiger charge is 2.28. The van der Waals surface area contributed by atoms with Gasteiger partial charge in [0.15, 0.2) is 0 Å². The molecule has 0 saturated carbocycles. The maximum Gasteiger partial charge on any atom is 0.407 e. The fourth-order valence-corrected chi connectivity index (χ4v) is 1.49. The number of benzene rings is 1. The average molecular weight is 282 g/mol. The number of ether oxygens (including phenoxy) is 1. The van der Waals surface area contributed by atoms with Crippen LogP contribution in [0.15, 0.2) is 30.3 Å². The largest absolute Gasteiger partial charge is 0.480 e. The van der Waals surface area contributed by atoms with Crippen LogP contribution in [0, 0.1) is 0 Å². The Morgan fingerprint density at radius 2 is 1.95 bits per heavy atom. The van der Waals surface area contributed by atoms with Gasteiger partial charge in [-0.2, -0.15) is 0 Å². The SMILES string of the molecule is C[C@@H](NC(=O)OCc1ccccc1)[C@H](O)[C@H](N)C(=O)O. The molecule has 1 aromatic rings. The van der Waals surface area contributed by atoms with Gasteiger partial charge in [-0.15, -0.1) is 0 Å². The highest BCUT2D eigenvalue weighted by molar-refractivity contribution is 5.74. The van der Waals surface area contributed by atoms with Crippen molar-refractivity contribution in [3.05, 3.63) is 35.9 Å². The van der Waals surface area contributed by atoms with Crippen molar-refractivity contribution in [2.45, 2.75) is 31.7 Å². The molecule has 0 aliphatic rings. The van der Waals surface area contributed by atoms with Crippen LogP contribution in [0.5, 0.6) is 0 Å². The highest BCUT2D eigenvalue weighted by Crippen LogP contribution is 2.02. The molecule has 7 heteroatoms. The molecule has 1 aromatic carbocycles. The average Bonchev–Trinajstić information content (AvgIpc) is 2.44. The molecule has 3 atom stereocenters. The van der Waals surface area contributed by atoms with Crippen molar-refractivity contribution < 1.29 is 24.5 Å². The van der Waals surface area contributed by atoms with E-state index in [1.165, 1.54) is 6.92 Å². The summed E-state index contributed by atoms with van der Waals surface area (Å²) in [7, 11) is 0. The Morgan fingerprint density at radius 3 is 2.50 bits per heavy atom. The molecule has 20 heavy (non-hydrogen) atoms. The van der Waals surface area contributed by atoms with Crippen LogP contribution in [0.4, 0.5) is 4.79 Å². The second-order valence-electron chi connectivity index (χ2n) is 4.35. The number of hydrogen-bond donors (Lipinski definition) is 4. The number of carboxylic acids is 1.